The van der Waals surface area contributed by atoms with Crippen molar-refractivity contribution in [2.45, 2.75) is 31.6 Å². The number of hydrogen-bond donors (Lipinski definition) is 3. The highest BCUT2D eigenvalue weighted by Crippen LogP contribution is 2.30. The molecule has 0 fully saturated rings. The van der Waals surface area contributed by atoms with Crippen molar-refractivity contribution in [2.75, 3.05) is 20.3 Å². The minimum absolute atomic E-state index is 0.0185. The molecule has 0 bridgehead atoms. The number of methoxy groups -OCH3 is 1. The lowest BCUT2D eigenvalue weighted by atomic mass is 10.0. The van der Waals surface area contributed by atoms with Crippen molar-refractivity contribution in [2.24, 2.45) is 0 Å². The molecular weight excluding hydrogens is 313 g/mol. The molecule has 3 N–H and O–H groups in total. The van der Waals surface area contributed by atoms with Gasteiger partial charge in [0.15, 0.2) is 0 Å². The molecule has 23 heavy (non-hydrogen) atoms. The number of rotatable bonds is 7. The number of benzene rings is 1. The molecule has 0 aliphatic heterocycles. The zero-order valence-electron chi connectivity index (χ0n) is 13.0. The van der Waals surface area contributed by atoms with Crippen molar-refractivity contribution in [1.29, 1.82) is 0 Å². The molecule has 1 rings (SSSR count). The van der Waals surface area contributed by atoms with Crippen LogP contribution in [0.15, 0.2) is 24.3 Å². The van der Waals surface area contributed by atoms with E-state index < -0.39 is 29.9 Å². The van der Waals surface area contributed by atoms with Gasteiger partial charge in [-0.3, -0.25) is 0 Å². The van der Waals surface area contributed by atoms with Gasteiger partial charge in [-0.05, 0) is 24.1 Å². The Bertz CT molecular complexity index is 505. The Morgan fingerprint density at radius 3 is 2.57 bits per heavy atom. The number of urea groups is 1. The average Bonchev–Trinajstić information content (AvgIpc) is 2.51. The Balaban J connectivity index is 2.88. The predicted octanol–water partition coefficient (Wildman–Crippen LogP) is 2.46. The van der Waals surface area contributed by atoms with Gasteiger partial charge in [0.25, 0.3) is 0 Å². The summed E-state index contributed by atoms with van der Waals surface area (Å²) in [6.45, 7) is 1.59. The summed E-state index contributed by atoms with van der Waals surface area (Å²) in [5.74, 6) is 0. The molecule has 8 heteroatoms. The molecule has 0 spiro atoms. The first-order chi connectivity index (χ1) is 10.8. The Morgan fingerprint density at radius 2 is 2.04 bits per heavy atom. The van der Waals surface area contributed by atoms with Crippen molar-refractivity contribution in [1.82, 2.24) is 10.6 Å². The highest BCUT2D eigenvalue weighted by molar-refractivity contribution is 5.74. The third-order valence-corrected chi connectivity index (χ3v) is 3.30. The second-order valence-electron chi connectivity index (χ2n) is 5.04. The molecule has 5 nitrogen and oxygen atoms in total. The smallest absolute Gasteiger partial charge is 0.394 e. The second-order valence-corrected chi connectivity index (χ2v) is 5.04. The fourth-order valence-corrected chi connectivity index (χ4v) is 1.98. The van der Waals surface area contributed by atoms with Crippen LogP contribution < -0.4 is 10.6 Å². The largest absolute Gasteiger partial charge is 0.416 e. The van der Waals surface area contributed by atoms with Gasteiger partial charge in [-0.1, -0.05) is 19.1 Å². The van der Waals surface area contributed by atoms with Gasteiger partial charge in [-0.2, -0.15) is 13.2 Å². The number of ether oxygens (including phenoxy) is 1. The number of alkyl halides is 3. The monoisotopic (exact) mass is 334 g/mol. The summed E-state index contributed by atoms with van der Waals surface area (Å²) in [5.41, 5.74) is -0.506. The molecule has 0 saturated heterocycles. The average molecular weight is 334 g/mol. The van der Waals surface area contributed by atoms with E-state index in [-0.39, 0.29) is 18.8 Å². The minimum Gasteiger partial charge on any atom is -0.394 e. The maximum atomic E-state index is 12.8. The lowest BCUT2D eigenvalue weighted by Crippen LogP contribution is -2.45. The molecule has 0 heterocycles. The SMILES string of the molecule is CCC(CO)NC(=O)NC(COC)c1cccc(C(F)(F)F)c1. The van der Waals surface area contributed by atoms with E-state index in [4.69, 9.17) is 9.84 Å². The summed E-state index contributed by atoms with van der Waals surface area (Å²) >= 11 is 0. The fourth-order valence-electron chi connectivity index (χ4n) is 1.98. The van der Waals surface area contributed by atoms with E-state index in [9.17, 15) is 18.0 Å². The summed E-state index contributed by atoms with van der Waals surface area (Å²) in [5, 5.41) is 14.2. The van der Waals surface area contributed by atoms with Crippen molar-refractivity contribution < 1.29 is 27.8 Å². The van der Waals surface area contributed by atoms with Gasteiger partial charge >= 0.3 is 12.2 Å². The molecule has 0 aliphatic rings. The number of nitrogens with one attached hydrogen (secondary N) is 2. The van der Waals surface area contributed by atoms with Crippen LogP contribution in [-0.4, -0.2) is 37.5 Å². The maximum Gasteiger partial charge on any atom is 0.416 e. The molecule has 1 aromatic carbocycles. The van der Waals surface area contributed by atoms with E-state index >= 15 is 0 Å². The van der Waals surface area contributed by atoms with Gasteiger partial charge < -0.3 is 20.5 Å². The molecule has 0 aliphatic carbocycles. The second kappa shape index (κ2) is 8.73. The molecule has 2 amide bonds. The summed E-state index contributed by atoms with van der Waals surface area (Å²) in [4.78, 5) is 11.9. The van der Waals surface area contributed by atoms with E-state index in [0.29, 0.717) is 6.42 Å². The van der Waals surface area contributed by atoms with E-state index in [2.05, 4.69) is 10.6 Å². The third-order valence-electron chi connectivity index (χ3n) is 3.30. The summed E-state index contributed by atoms with van der Waals surface area (Å²) in [6, 6.07) is 2.98. The van der Waals surface area contributed by atoms with Gasteiger partial charge in [0, 0.05) is 7.11 Å². The highest BCUT2D eigenvalue weighted by Gasteiger charge is 2.31. The number of aliphatic hydroxyl groups excluding tert-OH is 1. The highest BCUT2D eigenvalue weighted by atomic mass is 19.4. The molecule has 0 aromatic heterocycles. The van der Waals surface area contributed by atoms with Gasteiger partial charge in [-0.25, -0.2) is 4.79 Å². The number of carbonyl (C=O) groups is 1. The molecular formula is C15H21F3N2O3. The van der Waals surface area contributed by atoms with E-state index in [1.54, 1.807) is 6.92 Å². The zero-order valence-corrected chi connectivity index (χ0v) is 13.0. The van der Waals surface area contributed by atoms with Crippen LogP contribution in [0.2, 0.25) is 0 Å². The van der Waals surface area contributed by atoms with Crippen LogP contribution in [0.3, 0.4) is 0 Å². The molecule has 130 valence electrons. The topological polar surface area (TPSA) is 70.6 Å². The third kappa shape index (κ3) is 6.07. The lowest BCUT2D eigenvalue weighted by molar-refractivity contribution is -0.137. The number of aliphatic hydroxyl groups is 1. The molecule has 0 radical (unpaired) electrons. The van der Waals surface area contributed by atoms with Crippen molar-refractivity contribution in [3.8, 4) is 0 Å². The van der Waals surface area contributed by atoms with Gasteiger partial charge in [0.1, 0.15) is 0 Å². The number of amides is 2. The molecule has 1 aromatic rings. The Morgan fingerprint density at radius 1 is 1.35 bits per heavy atom. The Hall–Kier alpha value is -1.80. The first kappa shape index (κ1) is 19.2. The molecule has 2 atom stereocenters. The van der Waals surface area contributed by atoms with Crippen LogP contribution in [0.25, 0.3) is 0 Å². The van der Waals surface area contributed by atoms with Gasteiger partial charge in [-0.15, -0.1) is 0 Å². The first-order valence-corrected chi connectivity index (χ1v) is 7.15. The lowest BCUT2D eigenvalue weighted by Gasteiger charge is -2.22. The van der Waals surface area contributed by atoms with Crippen molar-refractivity contribution in [3.63, 3.8) is 0 Å². The van der Waals surface area contributed by atoms with Gasteiger partial charge in [0.05, 0.1) is 30.9 Å². The van der Waals surface area contributed by atoms with E-state index in [0.717, 1.165) is 12.1 Å². The standard InChI is InChI=1S/C15H21F3N2O3/c1-3-12(8-21)19-14(22)20-13(9-23-2)10-5-4-6-11(7-10)15(16,17)18/h4-7,12-13,21H,3,8-9H2,1-2H3,(H2,19,20,22). The summed E-state index contributed by atoms with van der Waals surface area (Å²) in [7, 11) is 1.39. The van der Waals surface area contributed by atoms with Crippen LogP contribution in [-0.2, 0) is 10.9 Å². The van der Waals surface area contributed by atoms with E-state index in [1.807, 2.05) is 0 Å². The Kier molecular flexibility index (Phi) is 7.31. The Labute approximate surface area is 132 Å². The summed E-state index contributed by atoms with van der Waals surface area (Å²) < 4.78 is 43.3. The minimum atomic E-state index is -4.46. The normalized spacial score (nSPS) is 14.2. The van der Waals surface area contributed by atoms with E-state index in [1.165, 1.54) is 19.2 Å². The van der Waals surface area contributed by atoms with Crippen molar-refractivity contribution >= 4 is 6.03 Å². The van der Waals surface area contributed by atoms with Crippen LogP contribution in [0.4, 0.5) is 18.0 Å². The maximum absolute atomic E-state index is 12.8. The van der Waals surface area contributed by atoms with Crippen LogP contribution >= 0.6 is 0 Å². The molecule has 2 unspecified atom stereocenters. The number of hydrogen-bond acceptors (Lipinski definition) is 3. The van der Waals surface area contributed by atoms with Crippen LogP contribution in [0.1, 0.15) is 30.5 Å². The van der Waals surface area contributed by atoms with Crippen LogP contribution in [0, 0.1) is 0 Å². The first-order valence-electron chi connectivity index (χ1n) is 7.15. The van der Waals surface area contributed by atoms with Crippen molar-refractivity contribution in [3.05, 3.63) is 35.4 Å². The van der Waals surface area contributed by atoms with Gasteiger partial charge in [0.2, 0.25) is 0 Å². The quantitative estimate of drug-likeness (QED) is 0.717. The summed E-state index contributed by atoms with van der Waals surface area (Å²) in [6.07, 6.45) is -3.93. The zero-order chi connectivity index (χ0) is 17.5. The molecule has 0 saturated carbocycles. The fraction of sp³-hybridized carbons (Fsp3) is 0.533. The van der Waals surface area contributed by atoms with Crippen LogP contribution in [0.5, 0.6) is 0 Å². The number of carbonyl (C=O) groups excluding carboxylic acids is 1. The predicted molar refractivity (Wildman–Crippen MR) is 78.9 cm³/mol. The number of halogens is 3.